The van der Waals surface area contributed by atoms with Crippen LogP contribution in [0.4, 0.5) is 4.79 Å². The van der Waals surface area contributed by atoms with Crippen molar-refractivity contribution in [2.45, 2.75) is 58.3 Å². The predicted octanol–water partition coefficient (Wildman–Crippen LogP) is 3.15. The van der Waals surface area contributed by atoms with Crippen LogP contribution in [-0.4, -0.2) is 30.6 Å². The van der Waals surface area contributed by atoms with E-state index >= 15 is 0 Å². The van der Waals surface area contributed by atoms with Gasteiger partial charge in [-0.2, -0.15) is 0 Å². The zero-order chi connectivity index (χ0) is 12.1. The molecule has 0 aromatic heterocycles. The van der Waals surface area contributed by atoms with Gasteiger partial charge in [0.2, 0.25) is 0 Å². The number of hydrogen-bond donors (Lipinski definition) is 1. The summed E-state index contributed by atoms with van der Waals surface area (Å²) in [4.78, 5) is 14.1. The molecule has 0 aromatic rings. The lowest BCUT2D eigenvalue weighted by Gasteiger charge is -2.41. The second kappa shape index (κ2) is 5.74. The van der Waals surface area contributed by atoms with E-state index < -0.39 is 0 Å². The molecule has 1 saturated heterocycles. The lowest BCUT2D eigenvalue weighted by atomic mass is 9.67. The SMILES string of the molecule is CCC1(CNC(=O)N2CCCCCC2)CCC1. The molecule has 2 rings (SSSR count). The Labute approximate surface area is 105 Å². The molecular formula is C14H26N2O. The van der Waals surface area contributed by atoms with E-state index in [1.165, 1.54) is 51.4 Å². The molecule has 3 nitrogen and oxygen atoms in total. The van der Waals surface area contributed by atoms with E-state index in [1.807, 2.05) is 4.90 Å². The highest BCUT2D eigenvalue weighted by atomic mass is 16.2. The highest BCUT2D eigenvalue weighted by Gasteiger charge is 2.35. The Balaban J connectivity index is 1.75. The smallest absolute Gasteiger partial charge is 0.317 e. The van der Waals surface area contributed by atoms with Crippen molar-refractivity contribution in [3.05, 3.63) is 0 Å². The first-order valence-corrected chi connectivity index (χ1v) is 7.29. The molecule has 3 heteroatoms. The topological polar surface area (TPSA) is 32.3 Å². The Kier molecular flexibility index (Phi) is 4.30. The summed E-state index contributed by atoms with van der Waals surface area (Å²) in [5.74, 6) is 0. The molecule has 0 atom stereocenters. The molecule has 17 heavy (non-hydrogen) atoms. The Morgan fingerprint density at radius 1 is 1.12 bits per heavy atom. The summed E-state index contributed by atoms with van der Waals surface area (Å²) < 4.78 is 0. The molecule has 2 aliphatic rings. The minimum Gasteiger partial charge on any atom is -0.337 e. The highest BCUT2D eigenvalue weighted by Crippen LogP contribution is 2.43. The molecule has 1 saturated carbocycles. The van der Waals surface area contributed by atoms with E-state index in [0.717, 1.165) is 19.6 Å². The van der Waals surface area contributed by atoms with Crippen molar-refractivity contribution >= 4 is 6.03 Å². The van der Waals surface area contributed by atoms with Gasteiger partial charge in [0.15, 0.2) is 0 Å². The van der Waals surface area contributed by atoms with E-state index in [4.69, 9.17) is 0 Å². The first kappa shape index (κ1) is 12.7. The molecule has 0 unspecified atom stereocenters. The molecule has 0 radical (unpaired) electrons. The second-order valence-corrected chi connectivity index (χ2v) is 5.77. The third kappa shape index (κ3) is 3.14. The predicted molar refractivity (Wildman–Crippen MR) is 70.0 cm³/mol. The summed E-state index contributed by atoms with van der Waals surface area (Å²) in [6.07, 6.45) is 10.0. The molecule has 1 aliphatic heterocycles. The van der Waals surface area contributed by atoms with Gasteiger partial charge in [-0.3, -0.25) is 0 Å². The Hall–Kier alpha value is -0.730. The van der Waals surface area contributed by atoms with Crippen LogP contribution < -0.4 is 5.32 Å². The van der Waals surface area contributed by atoms with Crippen LogP contribution in [0.1, 0.15) is 58.3 Å². The number of hydrogen-bond acceptors (Lipinski definition) is 1. The number of likely N-dealkylation sites (tertiary alicyclic amines) is 1. The van der Waals surface area contributed by atoms with Crippen molar-refractivity contribution in [2.24, 2.45) is 5.41 Å². The van der Waals surface area contributed by atoms with Gasteiger partial charge in [0.25, 0.3) is 0 Å². The van der Waals surface area contributed by atoms with Gasteiger partial charge in [0.05, 0.1) is 0 Å². The number of amides is 2. The summed E-state index contributed by atoms with van der Waals surface area (Å²) in [5, 5.41) is 3.16. The maximum atomic E-state index is 12.1. The monoisotopic (exact) mass is 238 g/mol. The zero-order valence-corrected chi connectivity index (χ0v) is 11.1. The van der Waals surface area contributed by atoms with Crippen molar-refractivity contribution in [3.63, 3.8) is 0 Å². The average Bonchev–Trinajstić information content (AvgIpc) is 2.56. The number of nitrogens with zero attached hydrogens (tertiary/aromatic N) is 1. The summed E-state index contributed by atoms with van der Waals surface area (Å²) in [7, 11) is 0. The van der Waals surface area contributed by atoms with Gasteiger partial charge in [-0.25, -0.2) is 4.79 Å². The first-order chi connectivity index (χ1) is 8.26. The van der Waals surface area contributed by atoms with Crippen molar-refractivity contribution in [1.29, 1.82) is 0 Å². The third-order valence-corrected chi connectivity index (χ3v) is 4.67. The minimum absolute atomic E-state index is 0.173. The van der Waals surface area contributed by atoms with E-state index in [2.05, 4.69) is 12.2 Å². The molecular weight excluding hydrogens is 212 g/mol. The first-order valence-electron chi connectivity index (χ1n) is 7.29. The fourth-order valence-electron chi connectivity index (χ4n) is 2.98. The molecule has 2 amide bonds. The molecule has 0 spiro atoms. The molecule has 2 fully saturated rings. The lowest BCUT2D eigenvalue weighted by molar-refractivity contribution is 0.121. The summed E-state index contributed by atoms with van der Waals surface area (Å²) in [5.41, 5.74) is 0.432. The van der Waals surface area contributed by atoms with Crippen LogP contribution in [0.15, 0.2) is 0 Å². The number of carbonyl (C=O) groups is 1. The maximum absolute atomic E-state index is 12.1. The zero-order valence-electron chi connectivity index (χ0n) is 11.1. The van der Waals surface area contributed by atoms with E-state index in [1.54, 1.807) is 0 Å². The second-order valence-electron chi connectivity index (χ2n) is 5.77. The van der Waals surface area contributed by atoms with Crippen molar-refractivity contribution in [3.8, 4) is 0 Å². The molecule has 1 heterocycles. The molecule has 1 N–H and O–H groups in total. The van der Waals surface area contributed by atoms with Crippen LogP contribution in [0.25, 0.3) is 0 Å². The normalized spacial score (nSPS) is 23.7. The summed E-state index contributed by atoms with van der Waals surface area (Å²) in [6, 6.07) is 0.173. The molecule has 0 aromatic carbocycles. The van der Waals surface area contributed by atoms with Gasteiger partial charge < -0.3 is 10.2 Å². The number of urea groups is 1. The Morgan fingerprint density at radius 2 is 1.76 bits per heavy atom. The van der Waals surface area contributed by atoms with Gasteiger partial charge in [-0.15, -0.1) is 0 Å². The number of carbonyl (C=O) groups excluding carboxylic acids is 1. The van der Waals surface area contributed by atoms with E-state index in [-0.39, 0.29) is 6.03 Å². The Bertz CT molecular complexity index is 247. The third-order valence-electron chi connectivity index (χ3n) is 4.67. The van der Waals surface area contributed by atoms with Crippen molar-refractivity contribution in [1.82, 2.24) is 10.2 Å². The molecule has 98 valence electrons. The highest BCUT2D eigenvalue weighted by molar-refractivity contribution is 5.74. The van der Waals surface area contributed by atoms with Crippen LogP contribution in [0, 0.1) is 5.41 Å². The van der Waals surface area contributed by atoms with Crippen LogP contribution in [0.3, 0.4) is 0 Å². The van der Waals surface area contributed by atoms with E-state index in [0.29, 0.717) is 5.41 Å². The largest absolute Gasteiger partial charge is 0.337 e. The van der Waals surface area contributed by atoms with Gasteiger partial charge in [-0.05, 0) is 37.5 Å². The minimum atomic E-state index is 0.173. The number of rotatable bonds is 3. The van der Waals surface area contributed by atoms with Crippen LogP contribution >= 0.6 is 0 Å². The quantitative estimate of drug-likeness (QED) is 0.805. The Morgan fingerprint density at radius 3 is 2.24 bits per heavy atom. The summed E-state index contributed by atoms with van der Waals surface area (Å²) >= 11 is 0. The standard InChI is InChI=1S/C14H26N2O/c1-2-14(8-7-9-14)12-15-13(17)16-10-5-3-4-6-11-16/h2-12H2,1H3,(H,15,17). The van der Waals surface area contributed by atoms with Gasteiger partial charge in [-0.1, -0.05) is 26.2 Å². The van der Waals surface area contributed by atoms with Gasteiger partial charge >= 0.3 is 6.03 Å². The van der Waals surface area contributed by atoms with Crippen LogP contribution in [0.2, 0.25) is 0 Å². The van der Waals surface area contributed by atoms with Gasteiger partial charge in [0.1, 0.15) is 0 Å². The van der Waals surface area contributed by atoms with Crippen molar-refractivity contribution < 1.29 is 4.79 Å². The fraction of sp³-hybridized carbons (Fsp3) is 0.929. The van der Waals surface area contributed by atoms with Crippen LogP contribution in [0.5, 0.6) is 0 Å². The fourth-order valence-corrected chi connectivity index (χ4v) is 2.98. The van der Waals surface area contributed by atoms with Gasteiger partial charge in [0, 0.05) is 19.6 Å². The lowest BCUT2D eigenvalue weighted by Crippen LogP contribution is -2.47. The summed E-state index contributed by atoms with van der Waals surface area (Å²) in [6.45, 7) is 5.03. The number of nitrogens with one attached hydrogen (secondary N) is 1. The maximum Gasteiger partial charge on any atom is 0.317 e. The molecule has 1 aliphatic carbocycles. The van der Waals surface area contributed by atoms with Crippen LogP contribution in [-0.2, 0) is 0 Å². The van der Waals surface area contributed by atoms with Crippen molar-refractivity contribution in [2.75, 3.05) is 19.6 Å². The average molecular weight is 238 g/mol. The van der Waals surface area contributed by atoms with E-state index in [9.17, 15) is 4.79 Å². The molecule has 0 bridgehead atoms.